The molecule has 0 aliphatic carbocycles. The number of amides is 2. The van der Waals surface area contributed by atoms with Gasteiger partial charge in [-0.2, -0.15) is 0 Å². The summed E-state index contributed by atoms with van der Waals surface area (Å²) in [5.74, 6) is 0.556. The molecule has 0 saturated carbocycles. The van der Waals surface area contributed by atoms with Gasteiger partial charge < -0.3 is 5.32 Å². The Kier molecular flexibility index (Phi) is 5.64. The van der Waals surface area contributed by atoms with Crippen LogP contribution in [-0.2, 0) is 22.6 Å². The Bertz CT molecular complexity index is 877. The van der Waals surface area contributed by atoms with E-state index in [-0.39, 0.29) is 24.3 Å². The molecule has 0 bridgehead atoms. The van der Waals surface area contributed by atoms with E-state index in [2.05, 4.69) is 15.3 Å². The molecule has 1 atom stereocenters. The van der Waals surface area contributed by atoms with Gasteiger partial charge in [-0.25, -0.2) is 0 Å². The van der Waals surface area contributed by atoms with Crippen LogP contribution in [-0.4, -0.2) is 34.1 Å². The third-order valence-electron chi connectivity index (χ3n) is 4.66. The van der Waals surface area contributed by atoms with Crippen LogP contribution >= 0.6 is 0 Å². The number of rotatable bonds is 5. The minimum absolute atomic E-state index is 0.0394. The highest BCUT2D eigenvalue weighted by Crippen LogP contribution is 2.21. The molecular weight excluding hydrogens is 340 g/mol. The average molecular weight is 364 g/mol. The van der Waals surface area contributed by atoms with Crippen LogP contribution in [0.15, 0.2) is 47.6 Å². The van der Waals surface area contributed by atoms with Gasteiger partial charge in [-0.15, -0.1) is 0 Å². The molecule has 0 radical (unpaired) electrons. The highest BCUT2D eigenvalue weighted by Gasteiger charge is 2.24. The molecule has 1 aromatic carbocycles. The van der Waals surface area contributed by atoms with Gasteiger partial charge in [-0.05, 0) is 31.0 Å². The lowest BCUT2D eigenvalue weighted by atomic mass is 10.1. The number of amidine groups is 1. The fraction of sp³-hybridized carbons (Fsp3) is 0.333. The summed E-state index contributed by atoms with van der Waals surface area (Å²) in [7, 11) is 0. The van der Waals surface area contributed by atoms with Gasteiger partial charge in [-0.3, -0.25) is 24.5 Å². The molecule has 0 spiro atoms. The Morgan fingerprint density at radius 1 is 1.26 bits per heavy atom. The number of carbonyl (C=O) groups is 2. The van der Waals surface area contributed by atoms with E-state index < -0.39 is 0 Å². The predicted octanol–water partition coefficient (Wildman–Crippen LogP) is 2.63. The van der Waals surface area contributed by atoms with Crippen LogP contribution in [0.3, 0.4) is 0 Å². The topological polar surface area (TPSA) is 74.7 Å². The van der Waals surface area contributed by atoms with Crippen LogP contribution < -0.4 is 5.32 Å². The predicted molar refractivity (Wildman–Crippen MR) is 104 cm³/mol. The van der Waals surface area contributed by atoms with Gasteiger partial charge in [0.25, 0.3) is 0 Å². The molecule has 0 unspecified atom stereocenters. The highest BCUT2D eigenvalue weighted by molar-refractivity contribution is 6.09. The van der Waals surface area contributed by atoms with Crippen molar-refractivity contribution in [3.63, 3.8) is 0 Å². The van der Waals surface area contributed by atoms with Crippen LogP contribution in [0.1, 0.15) is 49.2 Å². The lowest BCUT2D eigenvalue weighted by Crippen LogP contribution is -2.35. The lowest BCUT2D eigenvalue weighted by Gasteiger charge is -2.19. The first-order chi connectivity index (χ1) is 13.0. The first-order valence-electron chi connectivity index (χ1n) is 9.14. The summed E-state index contributed by atoms with van der Waals surface area (Å²) in [4.78, 5) is 34.7. The summed E-state index contributed by atoms with van der Waals surface area (Å²) in [5.41, 5.74) is 3.64. The number of benzene rings is 1. The van der Waals surface area contributed by atoms with Crippen molar-refractivity contribution in [3.8, 4) is 0 Å². The summed E-state index contributed by atoms with van der Waals surface area (Å²) in [6.07, 6.45) is 1.93. The second kappa shape index (κ2) is 8.12. The highest BCUT2D eigenvalue weighted by atomic mass is 16.2. The molecule has 1 aliphatic rings. The Balaban J connectivity index is 1.66. The molecule has 1 aliphatic heterocycles. The zero-order valence-corrected chi connectivity index (χ0v) is 15.9. The second-order valence-corrected chi connectivity index (χ2v) is 6.61. The van der Waals surface area contributed by atoms with Gasteiger partial charge in [0.2, 0.25) is 11.8 Å². The van der Waals surface area contributed by atoms with Gasteiger partial charge in [0.05, 0.1) is 24.7 Å². The number of hydrogen-bond acceptors (Lipinski definition) is 4. The molecule has 27 heavy (non-hydrogen) atoms. The van der Waals surface area contributed by atoms with Crippen molar-refractivity contribution < 1.29 is 9.59 Å². The first-order valence-corrected chi connectivity index (χ1v) is 9.14. The van der Waals surface area contributed by atoms with Gasteiger partial charge >= 0.3 is 0 Å². The lowest BCUT2D eigenvalue weighted by molar-refractivity contribution is -0.125. The van der Waals surface area contributed by atoms with Crippen LogP contribution in [0, 0.1) is 0 Å². The van der Waals surface area contributed by atoms with Crippen molar-refractivity contribution >= 4 is 17.6 Å². The molecule has 6 nitrogen and oxygen atoms in total. The standard InChI is InChI=1S/C21H24N4O2/c1-4-25(15(3)26)21-19-13-22-18(10-17(19)12-23-21)11-20(27)24-14(2)16-8-6-5-7-9-16/h5-10,13-14H,4,11-12H2,1-3H3,(H,24,27)/t14-/m1/s1. The van der Waals surface area contributed by atoms with Crippen molar-refractivity contribution in [1.82, 2.24) is 15.2 Å². The Labute approximate surface area is 159 Å². The number of nitrogens with zero attached hydrogens (tertiary/aromatic N) is 3. The number of aromatic nitrogens is 1. The molecule has 1 N–H and O–H groups in total. The summed E-state index contributed by atoms with van der Waals surface area (Å²) in [5, 5.41) is 3.00. The van der Waals surface area contributed by atoms with Crippen LogP contribution in [0.4, 0.5) is 0 Å². The van der Waals surface area contributed by atoms with Crippen molar-refractivity contribution in [2.45, 2.75) is 39.8 Å². The molecule has 2 amide bonds. The third kappa shape index (κ3) is 4.22. The van der Waals surface area contributed by atoms with Crippen LogP contribution in [0.5, 0.6) is 0 Å². The van der Waals surface area contributed by atoms with Gasteiger partial charge in [0.1, 0.15) is 5.84 Å². The summed E-state index contributed by atoms with van der Waals surface area (Å²) in [6, 6.07) is 11.7. The first kappa shape index (κ1) is 18.8. The minimum Gasteiger partial charge on any atom is -0.349 e. The Hall–Kier alpha value is -3.02. The maximum atomic E-state index is 12.4. The Morgan fingerprint density at radius 3 is 2.67 bits per heavy atom. The summed E-state index contributed by atoms with van der Waals surface area (Å²) >= 11 is 0. The van der Waals surface area contributed by atoms with E-state index in [4.69, 9.17) is 0 Å². The fourth-order valence-electron chi connectivity index (χ4n) is 3.25. The summed E-state index contributed by atoms with van der Waals surface area (Å²) < 4.78 is 0. The van der Waals surface area contributed by atoms with Gasteiger partial charge in [-0.1, -0.05) is 30.3 Å². The number of aliphatic imine (C=N–C) groups is 1. The van der Waals surface area contributed by atoms with E-state index in [1.807, 2.05) is 50.2 Å². The second-order valence-electron chi connectivity index (χ2n) is 6.61. The SMILES string of the molecule is CCN(C(C)=O)C1=NCc2cc(CC(=O)N[C@H](C)c3ccccc3)ncc21. The number of fused-ring (bicyclic) bond motifs is 1. The molecule has 140 valence electrons. The molecule has 2 aromatic rings. The van der Waals surface area contributed by atoms with E-state index in [0.717, 1.165) is 16.7 Å². The summed E-state index contributed by atoms with van der Waals surface area (Å²) in [6.45, 7) is 6.48. The van der Waals surface area contributed by atoms with E-state index in [1.54, 1.807) is 11.1 Å². The fourth-order valence-corrected chi connectivity index (χ4v) is 3.25. The van der Waals surface area contributed by atoms with Crippen molar-refractivity contribution in [2.24, 2.45) is 4.99 Å². The van der Waals surface area contributed by atoms with E-state index in [1.165, 1.54) is 6.92 Å². The molecular formula is C21H24N4O2. The minimum atomic E-state index is -0.0723. The van der Waals surface area contributed by atoms with Gasteiger partial charge in [0, 0.05) is 25.2 Å². The molecule has 1 aromatic heterocycles. The zero-order valence-electron chi connectivity index (χ0n) is 15.9. The smallest absolute Gasteiger partial charge is 0.226 e. The third-order valence-corrected chi connectivity index (χ3v) is 4.66. The van der Waals surface area contributed by atoms with Crippen molar-refractivity contribution in [3.05, 3.63) is 65.0 Å². The van der Waals surface area contributed by atoms with E-state index in [9.17, 15) is 9.59 Å². The molecule has 0 saturated heterocycles. The Morgan fingerprint density at radius 2 is 2.00 bits per heavy atom. The molecule has 3 rings (SSSR count). The maximum Gasteiger partial charge on any atom is 0.226 e. The van der Waals surface area contributed by atoms with Gasteiger partial charge in [0.15, 0.2) is 0 Å². The molecule has 0 fully saturated rings. The van der Waals surface area contributed by atoms with Crippen molar-refractivity contribution in [2.75, 3.05) is 6.54 Å². The molecule has 6 heteroatoms. The molecule has 2 heterocycles. The monoisotopic (exact) mass is 364 g/mol. The number of carbonyl (C=O) groups excluding carboxylic acids is 2. The maximum absolute atomic E-state index is 12.4. The quantitative estimate of drug-likeness (QED) is 0.886. The van der Waals surface area contributed by atoms with Crippen LogP contribution in [0.25, 0.3) is 0 Å². The van der Waals surface area contributed by atoms with Crippen LogP contribution in [0.2, 0.25) is 0 Å². The van der Waals surface area contributed by atoms with Crippen molar-refractivity contribution in [1.29, 1.82) is 0 Å². The normalized spacial score (nSPS) is 13.5. The average Bonchev–Trinajstić information content (AvgIpc) is 3.05. The largest absolute Gasteiger partial charge is 0.349 e. The number of pyridine rings is 1. The van der Waals surface area contributed by atoms with E-state index in [0.29, 0.717) is 24.6 Å². The number of nitrogens with one attached hydrogen (secondary N) is 1. The zero-order chi connectivity index (χ0) is 19.4. The number of hydrogen-bond donors (Lipinski definition) is 1. The van der Waals surface area contributed by atoms with E-state index >= 15 is 0 Å².